The van der Waals surface area contributed by atoms with Gasteiger partial charge in [-0.2, -0.15) is 0 Å². The molecule has 2 aliphatic rings. The minimum Gasteiger partial charge on any atom is -0.457 e. The van der Waals surface area contributed by atoms with Crippen LogP contribution in [0.5, 0.6) is 11.5 Å². The highest BCUT2D eigenvalue weighted by molar-refractivity contribution is 8.00. The van der Waals surface area contributed by atoms with Crippen molar-refractivity contribution < 1.29 is 43.2 Å². The van der Waals surface area contributed by atoms with Gasteiger partial charge in [-0.25, -0.2) is 0 Å². The van der Waals surface area contributed by atoms with Gasteiger partial charge in [-0.15, -0.1) is 11.8 Å². The van der Waals surface area contributed by atoms with Crippen LogP contribution in [0.3, 0.4) is 0 Å². The quantitative estimate of drug-likeness (QED) is 0.466. The van der Waals surface area contributed by atoms with Crippen molar-refractivity contribution in [3.8, 4) is 11.5 Å². The van der Waals surface area contributed by atoms with Gasteiger partial charge in [-0.3, -0.25) is 14.4 Å². The Morgan fingerprint density at radius 2 is 1.29 bits per heavy atom. The number of hydrogen-bond acceptors (Lipinski definition) is 10. The van der Waals surface area contributed by atoms with E-state index >= 15 is 0 Å². The number of carbonyl (C=O) groups excluding carboxylic acids is 3. The first-order chi connectivity index (χ1) is 16.8. The molecule has 0 amide bonds. The molecule has 0 spiro atoms. The first-order valence-corrected chi connectivity index (χ1v) is 12.0. The average molecular weight is 503 g/mol. The summed E-state index contributed by atoms with van der Waals surface area (Å²) in [6, 6.07) is 15.1. The van der Waals surface area contributed by atoms with Gasteiger partial charge in [-0.1, -0.05) is 36.4 Å². The van der Waals surface area contributed by atoms with Gasteiger partial charge in [0.25, 0.3) is 0 Å². The number of benzene rings is 2. The van der Waals surface area contributed by atoms with Crippen LogP contribution in [0.1, 0.15) is 37.1 Å². The first kappa shape index (κ1) is 25.0. The summed E-state index contributed by atoms with van der Waals surface area (Å²) in [5.74, 6) is -0.589. The van der Waals surface area contributed by atoms with Gasteiger partial charge in [0.15, 0.2) is 18.3 Å². The van der Waals surface area contributed by atoms with Gasteiger partial charge in [-0.05, 0) is 12.1 Å². The van der Waals surface area contributed by atoms with E-state index in [4.69, 9.17) is 23.7 Å². The van der Waals surface area contributed by atoms with E-state index in [9.17, 15) is 19.5 Å². The van der Waals surface area contributed by atoms with Crippen molar-refractivity contribution in [3.05, 3.63) is 59.7 Å². The maximum atomic E-state index is 12.1. The second kappa shape index (κ2) is 10.7. The smallest absolute Gasteiger partial charge is 0.303 e. The highest BCUT2D eigenvalue weighted by Crippen LogP contribution is 2.52. The third-order valence-corrected chi connectivity index (χ3v) is 7.00. The summed E-state index contributed by atoms with van der Waals surface area (Å²) in [6.07, 6.45) is -4.49. The van der Waals surface area contributed by atoms with Gasteiger partial charge < -0.3 is 28.8 Å². The van der Waals surface area contributed by atoms with Crippen molar-refractivity contribution in [2.24, 2.45) is 0 Å². The Labute approximate surface area is 206 Å². The van der Waals surface area contributed by atoms with Crippen molar-refractivity contribution in [2.75, 3.05) is 6.61 Å². The number of aliphatic hydroxyl groups is 1. The predicted molar refractivity (Wildman–Crippen MR) is 125 cm³/mol. The Kier molecular flexibility index (Phi) is 7.63. The zero-order chi connectivity index (χ0) is 25.1. The minimum absolute atomic E-state index is 0.290. The fourth-order valence-corrected chi connectivity index (χ4v) is 5.78. The molecule has 2 aliphatic heterocycles. The topological polar surface area (TPSA) is 118 Å². The number of hydrogen-bond donors (Lipinski definition) is 1. The maximum absolute atomic E-state index is 12.1. The van der Waals surface area contributed by atoms with Gasteiger partial charge in [0, 0.05) is 31.9 Å². The Balaban J connectivity index is 1.74. The Morgan fingerprint density at radius 3 is 1.80 bits per heavy atom. The lowest BCUT2D eigenvalue weighted by Gasteiger charge is -2.45. The summed E-state index contributed by atoms with van der Waals surface area (Å²) >= 11 is 1.33. The van der Waals surface area contributed by atoms with Crippen LogP contribution in [0.15, 0.2) is 48.5 Å². The molecule has 2 aromatic rings. The number of fused-ring (bicyclic) bond motifs is 2. The Bertz CT molecular complexity index is 1060. The van der Waals surface area contributed by atoms with Gasteiger partial charge in [0.05, 0.1) is 11.9 Å². The van der Waals surface area contributed by atoms with E-state index in [1.54, 1.807) is 0 Å². The molecule has 9 nitrogen and oxygen atoms in total. The monoisotopic (exact) mass is 502 g/mol. The molecule has 2 heterocycles. The molecule has 10 heteroatoms. The number of thioether (sulfide) groups is 1. The second-order valence-corrected chi connectivity index (χ2v) is 9.35. The van der Waals surface area contributed by atoms with Crippen LogP contribution < -0.4 is 4.74 Å². The molecule has 4 rings (SSSR count). The first-order valence-electron chi connectivity index (χ1n) is 11.1. The van der Waals surface area contributed by atoms with Gasteiger partial charge in [0.2, 0.25) is 0 Å². The highest BCUT2D eigenvalue weighted by Gasteiger charge is 2.52. The van der Waals surface area contributed by atoms with Crippen LogP contribution in [-0.4, -0.2) is 59.5 Å². The molecule has 0 unspecified atom stereocenters. The van der Waals surface area contributed by atoms with E-state index in [1.807, 2.05) is 48.5 Å². The third-order valence-electron chi connectivity index (χ3n) is 5.57. The lowest BCUT2D eigenvalue weighted by atomic mass is 9.99. The molecule has 1 saturated heterocycles. The van der Waals surface area contributed by atoms with Crippen molar-refractivity contribution in [3.63, 3.8) is 0 Å². The molecule has 0 saturated carbocycles. The SMILES string of the molecule is CC(=O)O[C@@H]1[C@@H](OC(C)=O)[C@H](SC2c3ccccc3Oc3ccccc32)O[C@H](CO)[C@H]1OC(C)=O. The molecule has 0 bridgehead atoms. The number of aliphatic hydroxyl groups excluding tert-OH is 1. The maximum Gasteiger partial charge on any atom is 0.303 e. The summed E-state index contributed by atoms with van der Waals surface area (Å²) in [5.41, 5.74) is 0.887. The predicted octanol–water partition coefficient (Wildman–Crippen LogP) is 3.13. The lowest BCUT2D eigenvalue weighted by Crippen LogP contribution is -2.61. The summed E-state index contributed by atoms with van der Waals surface area (Å²) in [7, 11) is 0. The van der Waals surface area contributed by atoms with E-state index < -0.39 is 54.4 Å². The summed E-state index contributed by atoms with van der Waals surface area (Å²) < 4.78 is 28.6. The van der Waals surface area contributed by atoms with Gasteiger partial charge >= 0.3 is 17.9 Å². The molecule has 2 aromatic carbocycles. The third kappa shape index (κ3) is 5.44. The van der Waals surface area contributed by atoms with Crippen LogP contribution in [0.25, 0.3) is 0 Å². The van der Waals surface area contributed by atoms with Crippen LogP contribution >= 0.6 is 11.8 Å². The number of rotatable bonds is 6. The van der Waals surface area contributed by atoms with E-state index in [2.05, 4.69) is 0 Å². The van der Waals surface area contributed by atoms with E-state index in [0.717, 1.165) is 11.1 Å². The number of para-hydroxylation sites is 2. The molecular weight excluding hydrogens is 476 g/mol. The van der Waals surface area contributed by atoms with E-state index in [-0.39, 0.29) is 5.25 Å². The van der Waals surface area contributed by atoms with Crippen LogP contribution in [-0.2, 0) is 33.3 Å². The van der Waals surface area contributed by atoms with Crippen molar-refractivity contribution in [2.45, 2.75) is 55.9 Å². The van der Waals surface area contributed by atoms with E-state index in [1.165, 1.54) is 32.5 Å². The summed E-state index contributed by atoms with van der Waals surface area (Å²) in [4.78, 5) is 35.8. The lowest BCUT2D eigenvalue weighted by molar-refractivity contribution is -0.236. The number of ether oxygens (including phenoxy) is 5. The van der Waals surface area contributed by atoms with Crippen LogP contribution in [0.2, 0.25) is 0 Å². The van der Waals surface area contributed by atoms with E-state index in [0.29, 0.717) is 11.5 Å². The largest absolute Gasteiger partial charge is 0.457 e. The molecule has 1 fully saturated rings. The molecule has 0 aliphatic carbocycles. The molecule has 5 atom stereocenters. The van der Waals surface area contributed by atoms with Crippen LogP contribution in [0, 0.1) is 0 Å². The minimum atomic E-state index is -1.19. The normalized spacial score (nSPS) is 25.4. The van der Waals surface area contributed by atoms with Crippen molar-refractivity contribution in [1.29, 1.82) is 0 Å². The van der Waals surface area contributed by atoms with Crippen molar-refractivity contribution >= 4 is 29.7 Å². The van der Waals surface area contributed by atoms with Crippen molar-refractivity contribution in [1.82, 2.24) is 0 Å². The molecule has 0 aromatic heterocycles. The Morgan fingerprint density at radius 1 is 0.800 bits per heavy atom. The molecule has 186 valence electrons. The molecule has 1 N–H and O–H groups in total. The fourth-order valence-electron chi connectivity index (χ4n) is 4.26. The Hall–Kier alpha value is -3.08. The second-order valence-electron chi connectivity index (χ2n) is 8.14. The highest BCUT2D eigenvalue weighted by atomic mass is 32.2. The number of carbonyl (C=O) groups is 3. The average Bonchev–Trinajstić information content (AvgIpc) is 2.81. The zero-order valence-corrected chi connectivity index (χ0v) is 20.2. The molecule has 0 radical (unpaired) electrons. The molecule has 35 heavy (non-hydrogen) atoms. The zero-order valence-electron chi connectivity index (χ0n) is 19.4. The van der Waals surface area contributed by atoms with Gasteiger partial charge in [0.1, 0.15) is 23.0 Å². The summed E-state index contributed by atoms with van der Waals surface area (Å²) in [5, 5.41) is 9.75. The fraction of sp³-hybridized carbons (Fsp3) is 0.400. The summed E-state index contributed by atoms with van der Waals surface area (Å²) in [6.45, 7) is 3.11. The molecular formula is C25H26O9S. The van der Waals surface area contributed by atoms with Crippen LogP contribution in [0.4, 0.5) is 0 Å². The number of esters is 3. The standard InChI is InChI=1S/C25H26O9S/c1-13(27)30-21-20(12-26)34-25(23(32-15(3)29)22(21)31-14(2)28)35-24-16-8-4-6-10-18(16)33-19-11-7-5-9-17(19)24/h4-11,20-26H,12H2,1-3H3/t20-,21-,22+,23-,25+/m1/s1.